The van der Waals surface area contributed by atoms with Crippen LogP contribution < -0.4 is 5.32 Å². The van der Waals surface area contributed by atoms with Gasteiger partial charge in [0, 0.05) is 5.69 Å². The van der Waals surface area contributed by atoms with Crippen LogP contribution >= 0.6 is 0 Å². The number of hydrogen-bond acceptors (Lipinski definition) is 3. The maximum atomic E-state index is 12.9. The molecule has 0 fully saturated rings. The molecule has 132 valence electrons. The molecule has 0 aliphatic carbocycles. The second-order valence-corrected chi connectivity index (χ2v) is 5.70. The Morgan fingerprint density at radius 1 is 1.04 bits per heavy atom. The van der Waals surface area contributed by atoms with Gasteiger partial charge in [0.05, 0.1) is 5.56 Å². The number of benzene rings is 2. The molecule has 0 saturated carbocycles. The molecule has 25 heavy (non-hydrogen) atoms. The number of para-hydroxylation sites is 1. The zero-order valence-corrected chi connectivity index (χ0v) is 14.6. The van der Waals surface area contributed by atoms with E-state index < -0.39 is 23.8 Å². The number of halogens is 1. The van der Waals surface area contributed by atoms with Gasteiger partial charge in [-0.2, -0.15) is 0 Å². The van der Waals surface area contributed by atoms with Crippen LogP contribution in [-0.4, -0.2) is 18.0 Å². The van der Waals surface area contributed by atoms with E-state index in [-0.39, 0.29) is 5.56 Å². The summed E-state index contributed by atoms with van der Waals surface area (Å²) in [5.41, 5.74) is 3.04. The van der Waals surface area contributed by atoms with Crippen molar-refractivity contribution in [1.29, 1.82) is 0 Å². The normalized spacial score (nSPS) is 11.7. The summed E-state index contributed by atoms with van der Waals surface area (Å²) in [5, 5.41) is 2.87. The van der Waals surface area contributed by atoms with Gasteiger partial charge in [-0.25, -0.2) is 9.18 Å². The summed E-state index contributed by atoms with van der Waals surface area (Å²) < 4.78 is 18.1. The number of carbonyl (C=O) groups excluding carboxylic acids is 2. The highest BCUT2D eigenvalue weighted by Gasteiger charge is 2.20. The lowest BCUT2D eigenvalue weighted by atomic mass is 10.0. The van der Waals surface area contributed by atoms with E-state index in [0.29, 0.717) is 0 Å². The third-order valence-corrected chi connectivity index (χ3v) is 3.98. The average molecular weight is 343 g/mol. The van der Waals surface area contributed by atoms with Gasteiger partial charge in [-0.1, -0.05) is 32.0 Å². The molecule has 4 nitrogen and oxygen atoms in total. The van der Waals surface area contributed by atoms with Crippen LogP contribution in [0, 0.1) is 5.82 Å². The van der Waals surface area contributed by atoms with Gasteiger partial charge in [0.15, 0.2) is 6.10 Å². The van der Waals surface area contributed by atoms with E-state index in [9.17, 15) is 14.0 Å². The molecule has 0 radical (unpaired) electrons. The van der Waals surface area contributed by atoms with Crippen molar-refractivity contribution < 1.29 is 18.7 Å². The smallest absolute Gasteiger partial charge is 0.338 e. The molecule has 1 atom stereocenters. The van der Waals surface area contributed by atoms with Crippen LogP contribution in [0.3, 0.4) is 0 Å². The molecular formula is C20H22FNO3. The Hall–Kier alpha value is -2.69. The van der Waals surface area contributed by atoms with E-state index in [1.54, 1.807) is 0 Å². The van der Waals surface area contributed by atoms with Gasteiger partial charge in [-0.05, 0) is 55.2 Å². The lowest BCUT2D eigenvalue weighted by Gasteiger charge is -2.17. The number of amides is 1. The largest absolute Gasteiger partial charge is 0.449 e. The molecule has 0 saturated heterocycles. The van der Waals surface area contributed by atoms with Gasteiger partial charge in [0.1, 0.15) is 5.82 Å². The van der Waals surface area contributed by atoms with Gasteiger partial charge < -0.3 is 10.1 Å². The Bertz CT molecular complexity index is 734. The summed E-state index contributed by atoms with van der Waals surface area (Å²) in [5.74, 6) is -1.50. The van der Waals surface area contributed by atoms with Crippen molar-refractivity contribution in [3.05, 3.63) is 65.0 Å². The van der Waals surface area contributed by atoms with Gasteiger partial charge in [-0.3, -0.25) is 4.79 Å². The van der Waals surface area contributed by atoms with Crippen LogP contribution in [0.15, 0.2) is 42.5 Å². The first-order valence-corrected chi connectivity index (χ1v) is 8.34. The van der Waals surface area contributed by atoms with Crippen molar-refractivity contribution in [3.8, 4) is 0 Å². The number of carbonyl (C=O) groups is 2. The van der Waals surface area contributed by atoms with Crippen LogP contribution in [0.25, 0.3) is 0 Å². The van der Waals surface area contributed by atoms with Crippen LogP contribution in [0.5, 0.6) is 0 Å². The maximum absolute atomic E-state index is 12.9. The van der Waals surface area contributed by atoms with Crippen molar-refractivity contribution in [1.82, 2.24) is 0 Å². The zero-order valence-electron chi connectivity index (χ0n) is 14.6. The van der Waals surface area contributed by atoms with E-state index in [1.807, 2.05) is 32.0 Å². The second kappa shape index (κ2) is 8.42. The van der Waals surface area contributed by atoms with E-state index in [1.165, 1.54) is 31.2 Å². The van der Waals surface area contributed by atoms with Gasteiger partial charge in [0.2, 0.25) is 0 Å². The maximum Gasteiger partial charge on any atom is 0.338 e. The molecule has 2 aromatic rings. The van der Waals surface area contributed by atoms with Gasteiger partial charge >= 0.3 is 5.97 Å². The van der Waals surface area contributed by atoms with Crippen LogP contribution in [0.1, 0.15) is 42.3 Å². The van der Waals surface area contributed by atoms with Gasteiger partial charge in [-0.15, -0.1) is 0 Å². The minimum atomic E-state index is -0.966. The first-order valence-electron chi connectivity index (χ1n) is 8.34. The fourth-order valence-electron chi connectivity index (χ4n) is 2.50. The molecule has 1 amide bonds. The van der Waals surface area contributed by atoms with Crippen molar-refractivity contribution in [2.75, 3.05) is 5.32 Å². The first-order chi connectivity index (χ1) is 12.0. The highest BCUT2D eigenvalue weighted by Crippen LogP contribution is 2.23. The molecule has 2 rings (SSSR count). The topological polar surface area (TPSA) is 55.4 Å². The second-order valence-electron chi connectivity index (χ2n) is 5.70. The van der Waals surface area contributed by atoms with Crippen LogP contribution in [-0.2, 0) is 22.4 Å². The number of aryl methyl sites for hydroxylation is 2. The van der Waals surface area contributed by atoms with Gasteiger partial charge in [0.25, 0.3) is 5.91 Å². The number of hydrogen-bond donors (Lipinski definition) is 1. The molecule has 0 heterocycles. The van der Waals surface area contributed by atoms with E-state index >= 15 is 0 Å². The summed E-state index contributed by atoms with van der Waals surface area (Å²) in [6, 6.07) is 10.9. The highest BCUT2D eigenvalue weighted by atomic mass is 19.1. The van der Waals surface area contributed by atoms with Crippen molar-refractivity contribution >= 4 is 17.6 Å². The first kappa shape index (κ1) is 18.6. The standard InChI is InChI=1S/C20H22FNO3/c1-4-14-7-6-8-15(5-2)18(14)22-19(23)13(3)25-20(24)16-9-11-17(21)12-10-16/h6-13H,4-5H2,1-3H3,(H,22,23). The lowest BCUT2D eigenvalue weighted by molar-refractivity contribution is -0.123. The number of anilines is 1. The van der Waals surface area contributed by atoms with E-state index in [4.69, 9.17) is 4.74 Å². The predicted octanol–water partition coefficient (Wildman–Crippen LogP) is 4.13. The SMILES string of the molecule is CCc1cccc(CC)c1NC(=O)C(C)OC(=O)c1ccc(F)cc1. The summed E-state index contributed by atoms with van der Waals surface area (Å²) in [7, 11) is 0. The van der Waals surface area contributed by atoms with Crippen molar-refractivity contribution in [2.24, 2.45) is 0 Å². The monoisotopic (exact) mass is 343 g/mol. The Morgan fingerprint density at radius 3 is 2.12 bits per heavy atom. The number of rotatable bonds is 6. The molecule has 1 N–H and O–H groups in total. The molecule has 0 spiro atoms. The van der Waals surface area contributed by atoms with Crippen molar-refractivity contribution in [2.45, 2.75) is 39.7 Å². The van der Waals surface area contributed by atoms with Crippen molar-refractivity contribution in [3.63, 3.8) is 0 Å². The van der Waals surface area contributed by atoms with Crippen LogP contribution in [0.2, 0.25) is 0 Å². The number of ether oxygens (including phenoxy) is 1. The minimum Gasteiger partial charge on any atom is -0.449 e. The fraction of sp³-hybridized carbons (Fsp3) is 0.300. The summed E-state index contributed by atoms with van der Waals surface area (Å²) in [6.07, 6.45) is 0.604. The summed E-state index contributed by atoms with van der Waals surface area (Å²) >= 11 is 0. The Labute approximate surface area is 147 Å². The third-order valence-electron chi connectivity index (χ3n) is 3.98. The molecule has 0 aliphatic heterocycles. The molecule has 0 bridgehead atoms. The fourth-order valence-corrected chi connectivity index (χ4v) is 2.50. The minimum absolute atomic E-state index is 0.198. The molecule has 0 aromatic heterocycles. The quantitative estimate of drug-likeness (QED) is 0.802. The third kappa shape index (κ3) is 4.66. The number of esters is 1. The Kier molecular flexibility index (Phi) is 6.28. The van der Waals surface area contributed by atoms with E-state index in [0.717, 1.165) is 29.7 Å². The number of nitrogens with one attached hydrogen (secondary N) is 1. The Morgan fingerprint density at radius 2 is 1.60 bits per heavy atom. The molecule has 5 heteroatoms. The molecular weight excluding hydrogens is 321 g/mol. The molecule has 0 aliphatic rings. The lowest BCUT2D eigenvalue weighted by Crippen LogP contribution is -2.30. The molecule has 2 aromatic carbocycles. The molecule has 1 unspecified atom stereocenters. The van der Waals surface area contributed by atoms with E-state index in [2.05, 4.69) is 5.32 Å². The predicted molar refractivity (Wildman–Crippen MR) is 95.1 cm³/mol. The average Bonchev–Trinajstić information content (AvgIpc) is 2.62. The summed E-state index contributed by atoms with van der Waals surface area (Å²) in [4.78, 5) is 24.5. The van der Waals surface area contributed by atoms with Crippen LogP contribution in [0.4, 0.5) is 10.1 Å². The summed E-state index contributed by atoms with van der Waals surface area (Å²) in [6.45, 7) is 5.54. The highest BCUT2D eigenvalue weighted by molar-refractivity contribution is 5.98. The Balaban J connectivity index is 2.08. The zero-order chi connectivity index (χ0) is 18.4.